The molecule has 0 saturated heterocycles. The molecule has 0 fully saturated rings. The number of aromatic nitrogens is 2. The van der Waals surface area contributed by atoms with Gasteiger partial charge in [0.15, 0.2) is 0 Å². The maximum Gasteiger partial charge on any atom is 0.414 e. The Morgan fingerprint density at radius 2 is 2.05 bits per heavy atom. The van der Waals surface area contributed by atoms with Crippen molar-refractivity contribution in [3.8, 4) is 0 Å². The molecule has 0 unspecified atom stereocenters. The van der Waals surface area contributed by atoms with Crippen LogP contribution in [-0.2, 0) is 4.74 Å². The second-order valence-electron chi connectivity index (χ2n) is 5.25. The van der Waals surface area contributed by atoms with Crippen LogP contribution in [0.1, 0.15) is 31.1 Å². The molecule has 0 aliphatic carbocycles. The van der Waals surface area contributed by atoms with Gasteiger partial charge in [-0.3, -0.25) is 5.32 Å². The van der Waals surface area contributed by atoms with Gasteiger partial charge in [-0.1, -0.05) is 0 Å². The van der Waals surface area contributed by atoms with Gasteiger partial charge in [0.2, 0.25) is 5.95 Å². The number of aromatic amines is 1. The zero-order chi connectivity index (χ0) is 14.9. The largest absolute Gasteiger partial charge is 0.478 e. The SMILES string of the molecule is CC(C)(C)OC(=O)Nc1nc2ccc(C(=O)O)cc2[nH]1. The minimum Gasteiger partial charge on any atom is -0.478 e. The van der Waals surface area contributed by atoms with Crippen LogP contribution >= 0.6 is 0 Å². The van der Waals surface area contributed by atoms with Crippen molar-refractivity contribution in [3.05, 3.63) is 23.8 Å². The monoisotopic (exact) mass is 277 g/mol. The summed E-state index contributed by atoms with van der Waals surface area (Å²) in [4.78, 5) is 29.4. The van der Waals surface area contributed by atoms with E-state index in [1.165, 1.54) is 12.1 Å². The van der Waals surface area contributed by atoms with E-state index in [1.54, 1.807) is 26.8 Å². The number of carboxylic acids is 1. The van der Waals surface area contributed by atoms with Crippen LogP contribution in [0.5, 0.6) is 0 Å². The first-order chi connectivity index (χ1) is 9.24. The molecule has 7 heteroatoms. The molecule has 106 valence electrons. The van der Waals surface area contributed by atoms with E-state index in [0.717, 1.165) is 0 Å². The lowest BCUT2D eigenvalue weighted by atomic mass is 10.2. The van der Waals surface area contributed by atoms with E-state index in [1.807, 2.05) is 0 Å². The van der Waals surface area contributed by atoms with Crippen LogP contribution in [0.3, 0.4) is 0 Å². The number of carbonyl (C=O) groups is 2. The number of nitrogens with one attached hydrogen (secondary N) is 2. The van der Waals surface area contributed by atoms with Crippen molar-refractivity contribution in [3.63, 3.8) is 0 Å². The number of carboxylic acid groups (broad SMARTS) is 1. The van der Waals surface area contributed by atoms with E-state index in [-0.39, 0.29) is 11.5 Å². The van der Waals surface area contributed by atoms with Gasteiger partial charge in [-0.25, -0.2) is 14.6 Å². The Balaban J connectivity index is 2.20. The van der Waals surface area contributed by atoms with Crippen molar-refractivity contribution in [2.24, 2.45) is 0 Å². The summed E-state index contributed by atoms with van der Waals surface area (Å²) in [6.07, 6.45) is -0.630. The summed E-state index contributed by atoms with van der Waals surface area (Å²) in [5.74, 6) is -0.819. The lowest BCUT2D eigenvalue weighted by Gasteiger charge is -2.18. The van der Waals surface area contributed by atoms with Gasteiger partial charge in [-0.15, -0.1) is 0 Å². The summed E-state index contributed by atoms with van der Waals surface area (Å²) in [5, 5.41) is 11.4. The maximum atomic E-state index is 11.6. The van der Waals surface area contributed by atoms with Gasteiger partial charge in [0.1, 0.15) is 5.60 Å². The van der Waals surface area contributed by atoms with Crippen LogP contribution in [0.4, 0.5) is 10.7 Å². The van der Waals surface area contributed by atoms with Gasteiger partial charge in [-0.2, -0.15) is 0 Å². The number of anilines is 1. The number of amides is 1. The molecule has 7 nitrogen and oxygen atoms in total. The molecule has 2 aromatic rings. The second-order valence-corrected chi connectivity index (χ2v) is 5.25. The number of H-pyrrole nitrogens is 1. The number of benzene rings is 1. The van der Waals surface area contributed by atoms with Crippen LogP contribution < -0.4 is 5.32 Å². The molecule has 0 spiro atoms. The van der Waals surface area contributed by atoms with Crippen LogP contribution in [0.15, 0.2) is 18.2 Å². The maximum absolute atomic E-state index is 11.6. The number of carbonyl (C=O) groups excluding carboxylic acids is 1. The first kappa shape index (κ1) is 13.9. The van der Waals surface area contributed by atoms with Gasteiger partial charge in [0.25, 0.3) is 0 Å². The summed E-state index contributed by atoms with van der Waals surface area (Å²) >= 11 is 0. The van der Waals surface area contributed by atoms with Gasteiger partial charge in [0, 0.05) is 0 Å². The normalized spacial score (nSPS) is 11.3. The Morgan fingerprint density at radius 1 is 1.35 bits per heavy atom. The van der Waals surface area contributed by atoms with E-state index < -0.39 is 17.7 Å². The quantitative estimate of drug-likeness (QED) is 0.782. The molecule has 1 aromatic carbocycles. The molecule has 0 aliphatic rings. The number of hydrogen-bond acceptors (Lipinski definition) is 4. The Bertz CT molecular complexity index is 670. The predicted molar refractivity (Wildman–Crippen MR) is 72.9 cm³/mol. The van der Waals surface area contributed by atoms with Crippen LogP contribution in [0.2, 0.25) is 0 Å². The number of ether oxygens (including phenoxy) is 1. The summed E-state index contributed by atoms with van der Waals surface area (Å²) < 4.78 is 5.10. The number of rotatable bonds is 2. The van der Waals surface area contributed by atoms with Crippen molar-refractivity contribution < 1.29 is 19.4 Å². The molecule has 0 aliphatic heterocycles. The Labute approximate surface area is 115 Å². The lowest BCUT2D eigenvalue weighted by molar-refractivity contribution is 0.0633. The van der Waals surface area contributed by atoms with Gasteiger partial charge in [-0.05, 0) is 39.0 Å². The highest BCUT2D eigenvalue weighted by Crippen LogP contribution is 2.17. The van der Waals surface area contributed by atoms with Crippen molar-refractivity contribution >= 4 is 29.0 Å². The van der Waals surface area contributed by atoms with E-state index in [2.05, 4.69) is 15.3 Å². The first-order valence-corrected chi connectivity index (χ1v) is 5.98. The van der Waals surface area contributed by atoms with E-state index >= 15 is 0 Å². The molecule has 0 radical (unpaired) electrons. The Morgan fingerprint density at radius 3 is 2.65 bits per heavy atom. The summed E-state index contributed by atoms with van der Waals surface area (Å²) in [6.45, 7) is 5.26. The summed E-state index contributed by atoms with van der Waals surface area (Å²) in [5.41, 5.74) is 0.619. The molecule has 0 saturated carbocycles. The minimum absolute atomic E-state index is 0.143. The molecule has 0 atom stereocenters. The lowest BCUT2D eigenvalue weighted by Crippen LogP contribution is -2.27. The number of fused-ring (bicyclic) bond motifs is 1. The number of imidazole rings is 1. The molecular weight excluding hydrogens is 262 g/mol. The topological polar surface area (TPSA) is 104 Å². The van der Waals surface area contributed by atoms with Gasteiger partial charge >= 0.3 is 12.1 Å². The van der Waals surface area contributed by atoms with Crippen LogP contribution in [-0.4, -0.2) is 32.7 Å². The molecule has 1 heterocycles. The zero-order valence-electron chi connectivity index (χ0n) is 11.4. The summed E-state index contributed by atoms with van der Waals surface area (Å²) in [6, 6.07) is 4.46. The number of nitrogens with zero attached hydrogens (tertiary/aromatic N) is 1. The highest BCUT2D eigenvalue weighted by molar-refractivity contribution is 5.93. The van der Waals surface area contributed by atoms with Gasteiger partial charge < -0.3 is 14.8 Å². The third-order valence-electron chi connectivity index (χ3n) is 2.35. The highest BCUT2D eigenvalue weighted by Gasteiger charge is 2.17. The zero-order valence-corrected chi connectivity index (χ0v) is 11.4. The van der Waals surface area contributed by atoms with Crippen molar-refractivity contribution in [1.82, 2.24) is 9.97 Å². The molecular formula is C13H15N3O4. The fourth-order valence-corrected chi connectivity index (χ4v) is 1.60. The average Bonchev–Trinajstić information content (AvgIpc) is 2.66. The molecule has 20 heavy (non-hydrogen) atoms. The Hall–Kier alpha value is -2.57. The molecule has 1 amide bonds. The molecule has 2 rings (SSSR count). The predicted octanol–water partition coefficient (Wildman–Crippen LogP) is 2.61. The third-order valence-corrected chi connectivity index (χ3v) is 2.35. The second kappa shape index (κ2) is 4.84. The van der Waals surface area contributed by atoms with Gasteiger partial charge in [0.05, 0.1) is 16.6 Å². The van der Waals surface area contributed by atoms with Crippen molar-refractivity contribution in [2.75, 3.05) is 5.32 Å². The van der Waals surface area contributed by atoms with Crippen molar-refractivity contribution in [2.45, 2.75) is 26.4 Å². The fraction of sp³-hybridized carbons (Fsp3) is 0.308. The standard InChI is InChI=1S/C13H15N3O4/c1-13(2,3)20-12(19)16-11-14-8-5-4-7(10(17)18)6-9(8)15-11/h4-6H,1-3H3,(H,17,18)(H2,14,15,16,19). The minimum atomic E-state index is -1.02. The smallest absolute Gasteiger partial charge is 0.414 e. The first-order valence-electron chi connectivity index (χ1n) is 5.98. The van der Waals surface area contributed by atoms with E-state index in [4.69, 9.17) is 9.84 Å². The molecule has 3 N–H and O–H groups in total. The van der Waals surface area contributed by atoms with Crippen molar-refractivity contribution in [1.29, 1.82) is 0 Å². The van der Waals surface area contributed by atoms with E-state index in [9.17, 15) is 9.59 Å². The highest BCUT2D eigenvalue weighted by atomic mass is 16.6. The molecule has 0 bridgehead atoms. The van der Waals surface area contributed by atoms with E-state index in [0.29, 0.717) is 11.0 Å². The third kappa shape index (κ3) is 3.25. The Kier molecular flexibility index (Phi) is 3.35. The molecule has 1 aromatic heterocycles. The average molecular weight is 277 g/mol. The van der Waals surface area contributed by atoms with Crippen LogP contribution in [0, 0.1) is 0 Å². The summed E-state index contributed by atoms with van der Waals surface area (Å²) in [7, 11) is 0. The van der Waals surface area contributed by atoms with Crippen LogP contribution in [0.25, 0.3) is 11.0 Å². The number of hydrogen-bond donors (Lipinski definition) is 3. The fourth-order valence-electron chi connectivity index (χ4n) is 1.60. The number of aromatic carboxylic acids is 1.